The Hall–Kier alpha value is -1.87. The van der Waals surface area contributed by atoms with E-state index in [-0.39, 0.29) is 48.1 Å². The molecule has 10 heteroatoms. The summed E-state index contributed by atoms with van der Waals surface area (Å²) in [5.74, 6) is -0.437. The van der Waals surface area contributed by atoms with Crippen molar-refractivity contribution in [3.63, 3.8) is 0 Å². The predicted molar refractivity (Wildman–Crippen MR) is 104 cm³/mol. The van der Waals surface area contributed by atoms with E-state index in [1.54, 1.807) is 24.3 Å². The summed E-state index contributed by atoms with van der Waals surface area (Å²) in [7, 11) is 0. The molecule has 5 nitrogen and oxygen atoms in total. The molecule has 0 radical (unpaired) electrons. The first-order valence-corrected chi connectivity index (χ1v) is 8.15. The van der Waals surface area contributed by atoms with E-state index in [9.17, 15) is 23.4 Å². The first-order chi connectivity index (χ1) is 12.3. The number of hydrogen-bond donors (Lipinski definition) is 3. The maximum atomic E-state index is 12.4. The van der Waals surface area contributed by atoms with Crippen LogP contribution in [0, 0.1) is 0 Å². The van der Waals surface area contributed by atoms with E-state index in [1.165, 1.54) is 18.2 Å². The summed E-state index contributed by atoms with van der Waals surface area (Å²) in [6.07, 6.45) is -4.74. The number of piperazine rings is 1. The number of phenolic OH excluding ortho intramolecular Hbond substituents is 2. The first kappa shape index (κ1) is 24.2. The van der Waals surface area contributed by atoms with Gasteiger partial charge in [-0.3, -0.25) is 4.90 Å². The number of hydrogen-bond acceptors (Lipinski definition) is 5. The Morgan fingerprint density at radius 1 is 0.893 bits per heavy atom. The van der Waals surface area contributed by atoms with Crippen molar-refractivity contribution in [2.75, 3.05) is 26.2 Å². The topological polar surface area (TPSA) is 65.0 Å². The van der Waals surface area contributed by atoms with Gasteiger partial charge in [-0.1, -0.05) is 12.1 Å². The second-order valence-electron chi connectivity index (χ2n) is 6.09. The van der Waals surface area contributed by atoms with Gasteiger partial charge in [0.2, 0.25) is 0 Å². The second-order valence-corrected chi connectivity index (χ2v) is 6.09. The monoisotopic (exact) mass is 440 g/mol. The lowest BCUT2D eigenvalue weighted by Crippen LogP contribution is -2.45. The van der Waals surface area contributed by atoms with Crippen LogP contribution in [0.4, 0.5) is 13.2 Å². The fraction of sp³-hybridized carbons (Fsp3) is 0.333. The van der Waals surface area contributed by atoms with Gasteiger partial charge in [0.25, 0.3) is 0 Å². The normalized spacial score (nSPS) is 15.8. The lowest BCUT2D eigenvalue weighted by atomic mass is 9.96. The minimum atomic E-state index is -4.74. The van der Waals surface area contributed by atoms with Gasteiger partial charge in [-0.15, -0.1) is 38.0 Å². The summed E-state index contributed by atoms with van der Waals surface area (Å²) in [4.78, 5) is 2.14. The minimum Gasteiger partial charge on any atom is -0.508 e. The molecule has 0 unspecified atom stereocenters. The SMILES string of the molecule is Cl.Cl.Oc1cc(O)cc([C@H](c2ccc(OC(F)(F)F)cc2)N2CCNCC2)c1. The predicted octanol–water partition coefficient (Wildman–Crippen LogP) is 3.83. The quantitative estimate of drug-likeness (QED) is 0.673. The van der Waals surface area contributed by atoms with Gasteiger partial charge in [0, 0.05) is 32.2 Å². The van der Waals surface area contributed by atoms with Gasteiger partial charge in [-0.05, 0) is 35.4 Å². The van der Waals surface area contributed by atoms with Gasteiger partial charge in [0.05, 0.1) is 6.04 Å². The number of nitrogens with one attached hydrogen (secondary N) is 1. The minimum absolute atomic E-state index is 0. The lowest BCUT2D eigenvalue weighted by molar-refractivity contribution is -0.274. The fourth-order valence-corrected chi connectivity index (χ4v) is 3.18. The molecule has 0 aromatic heterocycles. The molecule has 0 spiro atoms. The summed E-state index contributed by atoms with van der Waals surface area (Å²) in [6.45, 7) is 3.00. The highest BCUT2D eigenvalue weighted by atomic mass is 35.5. The number of phenols is 2. The molecule has 2 aromatic carbocycles. The maximum Gasteiger partial charge on any atom is 0.573 e. The van der Waals surface area contributed by atoms with Crippen LogP contribution in [-0.4, -0.2) is 47.7 Å². The van der Waals surface area contributed by atoms with Crippen LogP contribution in [0.3, 0.4) is 0 Å². The second kappa shape index (κ2) is 10.1. The van der Waals surface area contributed by atoms with Crippen molar-refractivity contribution >= 4 is 24.8 Å². The van der Waals surface area contributed by atoms with Gasteiger partial charge in [-0.2, -0.15) is 0 Å². The molecule has 3 rings (SSSR count). The highest BCUT2D eigenvalue weighted by Gasteiger charge is 2.31. The molecule has 0 amide bonds. The summed E-state index contributed by atoms with van der Waals surface area (Å²) in [6, 6.07) is 9.68. The van der Waals surface area contributed by atoms with E-state index in [0.717, 1.165) is 31.7 Å². The molecule has 3 N–H and O–H groups in total. The Balaban J connectivity index is 0.00000196. The largest absolute Gasteiger partial charge is 0.573 e. The lowest BCUT2D eigenvalue weighted by Gasteiger charge is -2.35. The maximum absolute atomic E-state index is 12.4. The molecule has 2 aromatic rings. The Bertz CT molecular complexity index is 734. The van der Waals surface area contributed by atoms with Crippen molar-refractivity contribution in [1.82, 2.24) is 10.2 Å². The molecule has 0 bridgehead atoms. The van der Waals surface area contributed by atoms with Crippen LogP contribution >= 0.6 is 24.8 Å². The zero-order valence-corrected chi connectivity index (χ0v) is 16.3. The van der Waals surface area contributed by atoms with E-state index in [4.69, 9.17) is 0 Å². The summed E-state index contributed by atoms with van der Waals surface area (Å²) in [5, 5.41) is 22.9. The third-order valence-corrected chi connectivity index (χ3v) is 4.19. The van der Waals surface area contributed by atoms with E-state index in [0.29, 0.717) is 5.56 Å². The van der Waals surface area contributed by atoms with Crippen LogP contribution in [0.5, 0.6) is 17.2 Å². The number of nitrogens with zero attached hydrogens (tertiary/aromatic N) is 1. The molecule has 0 saturated carbocycles. The smallest absolute Gasteiger partial charge is 0.508 e. The molecule has 1 heterocycles. The first-order valence-electron chi connectivity index (χ1n) is 8.15. The van der Waals surface area contributed by atoms with Crippen molar-refractivity contribution in [2.45, 2.75) is 12.4 Å². The Labute approximate surface area is 172 Å². The van der Waals surface area contributed by atoms with Gasteiger partial charge >= 0.3 is 6.36 Å². The molecule has 0 aliphatic carbocycles. The third kappa shape index (κ3) is 6.34. The van der Waals surface area contributed by atoms with Gasteiger partial charge < -0.3 is 20.3 Å². The number of ether oxygens (including phenoxy) is 1. The standard InChI is InChI=1S/C18H19F3N2O3.2ClH/c19-18(20,21)26-16-3-1-12(2-4-16)17(23-7-5-22-6-8-23)13-9-14(24)11-15(25)10-13;;/h1-4,9-11,17,22,24-25H,5-8H2;2*1H/t17-;;/m0../s1. The molecule has 1 aliphatic rings. The van der Waals surface area contributed by atoms with Crippen LogP contribution in [0.1, 0.15) is 17.2 Å². The fourth-order valence-electron chi connectivity index (χ4n) is 3.18. The molecule has 1 fully saturated rings. The van der Waals surface area contributed by atoms with Gasteiger partial charge in [0.15, 0.2) is 0 Å². The average Bonchev–Trinajstić information content (AvgIpc) is 2.55. The van der Waals surface area contributed by atoms with Crippen molar-refractivity contribution < 1.29 is 28.1 Å². The van der Waals surface area contributed by atoms with E-state index >= 15 is 0 Å². The van der Waals surface area contributed by atoms with Gasteiger partial charge in [-0.25, -0.2) is 0 Å². The zero-order chi connectivity index (χ0) is 18.7. The van der Waals surface area contributed by atoms with Gasteiger partial charge in [0.1, 0.15) is 17.2 Å². The van der Waals surface area contributed by atoms with Crippen molar-refractivity contribution in [3.05, 3.63) is 53.6 Å². The number of rotatable bonds is 4. The number of aromatic hydroxyl groups is 2. The number of alkyl halides is 3. The highest BCUT2D eigenvalue weighted by Crippen LogP contribution is 2.34. The molecule has 28 heavy (non-hydrogen) atoms. The zero-order valence-electron chi connectivity index (χ0n) is 14.6. The van der Waals surface area contributed by atoms with Crippen LogP contribution in [0.2, 0.25) is 0 Å². The Morgan fingerprint density at radius 3 is 1.93 bits per heavy atom. The molecular weight excluding hydrogens is 420 g/mol. The Kier molecular flexibility index (Phi) is 8.69. The van der Waals surface area contributed by atoms with E-state index < -0.39 is 6.36 Å². The molecule has 1 aliphatic heterocycles. The number of benzene rings is 2. The summed E-state index contributed by atoms with van der Waals surface area (Å²) < 4.78 is 41.0. The molecular formula is C18H21Cl2F3N2O3. The molecule has 156 valence electrons. The van der Waals surface area contributed by atoms with Crippen LogP contribution in [-0.2, 0) is 0 Å². The van der Waals surface area contributed by atoms with Crippen LogP contribution in [0.25, 0.3) is 0 Å². The van der Waals surface area contributed by atoms with Crippen LogP contribution < -0.4 is 10.1 Å². The van der Waals surface area contributed by atoms with Crippen molar-refractivity contribution in [3.8, 4) is 17.2 Å². The highest BCUT2D eigenvalue weighted by molar-refractivity contribution is 5.85. The number of halogens is 5. The van der Waals surface area contributed by atoms with E-state index in [2.05, 4.69) is 15.0 Å². The van der Waals surface area contributed by atoms with Crippen molar-refractivity contribution in [2.24, 2.45) is 0 Å². The Morgan fingerprint density at radius 2 is 1.43 bits per heavy atom. The molecule has 1 atom stereocenters. The summed E-state index contributed by atoms with van der Waals surface area (Å²) in [5.41, 5.74) is 1.40. The average molecular weight is 441 g/mol. The summed E-state index contributed by atoms with van der Waals surface area (Å²) >= 11 is 0. The third-order valence-electron chi connectivity index (χ3n) is 4.19. The molecule has 1 saturated heterocycles. The van der Waals surface area contributed by atoms with Crippen LogP contribution in [0.15, 0.2) is 42.5 Å². The van der Waals surface area contributed by atoms with E-state index in [1.807, 2.05) is 0 Å². The van der Waals surface area contributed by atoms with Crippen molar-refractivity contribution in [1.29, 1.82) is 0 Å².